The Morgan fingerprint density at radius 1 is 0.920 bits per heavy atom. The molecule has 2 rings (SSSR count). The number of rotatable bonds is 4. The third-order valence-corrected chi connectivity index (χ3v) is 5.34. The first-order valence-electron chi connectivity index (χ1n) is 7.47. The first-order valence-corrected chi connectivity index (χ1v) is 10.1. The van der Waals surface area contributed by atoms with E-state index in [0.29, 0.717) is 25.9 Å². The van der Waals surface area contributed by atoms with Crippen molar-refractivity contribution in [1.82, 2.24) is 5.32 Å². The number of halogens is 2. The molecule has 1 N–H and O–H groups in total. The van der Waals surface area contributed by atoms with Crippen molar-refractivity contribution < 1.29 is 9.59 Å². The Balaban J connectivity index is 2.19. The van der Waals surface area contributed by atoms with E-state index in [1.54, 1.807) is 48.5 Å². The molecule has 0 heterocycles. The molecule has 0 radical (unpaired) electrons. The fourth-order valence-corrected chi connectivity index (χ4v) is 3.62. The van der Waals surface area contributed by atoms with Crippen LogP contribution >= 0.6 is 23.2 Å². The maximum absolute atomic E-state index is 12.4. The summed E-state index contributed by atoms with van der Waals surface area (Å²) in [6.45, 7) is 4.02. The SMILES string of the molecule is CC(C)[Se]C(=NC(=O)c1ccc(Cl)cc1)NC(=O)c1ccc(Cl)cc1. The van der Waals surface area contributed by atoms with Gasteiger partial charge in [-0.05, 0) is 0 Å². The van der Waals surface area contributed by atoms with Crippen LogP contribution in [0.3, 0.4) is 0 Å². The Kier molecular flexibility index (Phi) is 7.21. The number of amides is 2. The Labute approximate surface area is 162 Å². The second-order valence-corrected chi connectivity index (χ2v) is 9.51. The van der Waals surface area contributed by atoms with E-state index in [9.17, 15) is 9.59 Å². The molecular weight excluding hydrogens is 426 g/mol. The van der Waals surface area contributed by atoms with Gasteiger partial charge in [0.25, 0.3) is 0 Å². The zero-order valence-corrected chi connectivity index (χ0v) is 16.8. The predicted octanol–water partition coefficient (Wildman–Crippen LogP) is 4.45. The molecular formula is C18H16Cl2N2O2Se. The fraction of sp³-hybridized carbons (Fsp3) is 0.167. The van der Waals surface area contributed by atoms with E-state index in [1.807, 2.05) is 13.8 Å². The first-order chi connectivity index (χ1) is 11.8. The van der Waals surface area contributed by atoms with Crippen LogP contribution in [0.1, 0.15) is 34.6 Å². The third kappa shape index (κ3) is 6.29. The second-order valence-electron chi connectivity index (χ2n) is 5.36. The molecule has 2 aromatic rings. The summed E-state index contributed by atoms with van der Waals surface area (Å²) in [5.74, 6) is -0.729. The summed E-state index contributed by atoms with van der Waals surface area (Å²) in [6, 6.07) is 13.0. The Morgan fingerprint density at radius 3 is 1.88 bits per heavy atom. The second kappa shape index (κ2) is 9.16. The number of carbonyl (C=O) groups is 2. The molecule has 4 nitrogen and oxygen atoms in total. The van der Waals surface area contributed by atoms with E-state index in [1.165, 1.54) is 0 Å². The quantitative estimate of drug-likeness (QED) is 0.432. The molecule has 7 heteroatoms. The molecule has 2 amide bonds. The normalized spacial score (nSPS) is 11.5. The molecule has 0 saturated heterocycles. The molecule has 0 saturated carbocycles. The number of hydrogen-bond donors (Lipinski definition) is 1. The zero-order chi connectivity index (χ0) is 18.4. The molecule has 0 unspecified atom stereocenters. The van der Waals surface area contributed by atoms with Crippen molar-refractivity contribution in [3.63, 3.8) is 0 Å². The summed E-state index contributed by atoms with van der Waals surface area (Å²) in [5.41, 5.74) is 0.873. The minimum absolute atomic E-state index is 0.149. The van der Waals surface area contributed by atoms with Gasteiger partial charge in [0.2, 0.25) is 0 Å². The number of nitrogens with one attached hydrogen (secondary N) is 1. The maximum atomic E-state index is 12.4. The Morgan fingerprint density at radius 2 is 1.40 bits per heavy atom. The number of amidine groups is 1. The van der Waals surface area contributed by atoms with E-state index in [-0.39, 0.29) is 25.7 Å². The van der Waals surface area contributed by atoms with Crippen LogP contribution in [0.25, 0.3) is 0 Å². The van der Waals surface area contributed by atoms with Gasteiger partial charge in [-0.2, -0.15) is 0 Å². The van der Waals surface area contributed by atoms with Crippen molar-refractivity contribution in [2.45, 2.75) is 18.7 Å². The van der Waals surface area contributed by atoms with Gasteiger partial charge in [-0.3, -0.25) is 0 Å². The van der Waals surface area contributed by atoms with Crippen molar-refractivity contribution in [3.05, 3.63) is 69.7 Å². The van der Waals surface area contributed by atoms with Gasteiger partial charge in [0.1, 0.15) is 0 Å². The summed E-state index contributed by atoms with van der Waals surface area (Å²) in [4.78, 5) is 29.1. The summed E-state index contributed by atoms with van der Waals surface area (Å²) in [5, 5.41) is 3.84. The van der Waals surface area contributed by atoms with Crippen LogP contribution in [0, 0.1) is 0 Å². The summed E-state index contributed by atoms with van der Waals surface area (Å²) >= 11 is 11.5. The monoisotopic (exact) mass is 442 g/mol. The molecule has 25 heavy (non-hydrogen) atoms. The van der Waals surface area contributed by atoms with Crippen LogP contribution in [0.15, 0.2) is 53.5 Å². The topological polar surface area (TPSA) is 58.5 Å². The van der Waals surface area contributed by atoms with Crippen LogP contribution in [0.2, 0.25) is 14.9 Å². The minimum atomic E-state index is -0.411. The van der Waals surface area contributed by atoms with Crippen LogP contribution in [-0.2, 0) is 0 Å². The van der Waals surface area contributed by atoms with Gasteiger partial charge in [-0.25, -0.2) is 0 Å². The van der Waals surface area contributed by atoms with Crippen LogP contribution in [0.5, 0.6) is 0 Å². The summed E-state index contributed by atoms with van der Waals surface area (Å²) < 4.78 is 0.391. The standard InChI is InChI=1S/C18H16Cl2N2O2Se/c1-11(2)25-18(21-16(23)12-3-7-14(19)8-4-12)22-17(24)13-5-9-15(20)10-6-13/h3-11H,1-2H3,(H,21,22,23,24). The summed E-state index contributed by atoms with van der Waals surface area (Å²) in [6.07, 6.45) is 0. The number of carbonyl (C=O) groups excluding carboxylic acids is 2. The van der Waals surface area contributed by atoms with Crippen LogP contribution in [-0.4, -0.2) is 31.5 Å². The number of hydrogen-bond acceptors (Lipinski definition) is 2. The van der Waals surface area contributed by atoms with Gasteiger partial charge in [0.05, 0.1) is 0 Å². The van der Waals surface area contributed by atoms with E-state index >= 15 is 0 Å². The first kappa shape index (κ1) is 19.7. The van der Waals surface area contributed by atoms with Crippen LogP contribution in [0.4, 0.5) is 0 Å². The van der Waals surface area contributed by atoms with Gasteiger partial charge in [0.15, 0.2) is 0 Å². The molecule has 0 spiro atoms. The Hall–Kier alpha value is -1.65. The number of nitrogens with zero attached hydrogens (tertiary/aromatic N) is 1. The molecule has 0 fully saturated rings. The molecule has 0 aliphatic carbocycles. The predicted molar refractivity (Wildman–Crippen MR) is 103 cm³/mol. The number of aliphatic imine (C=N–C) groups is 1. The fourth-order valence-electron chi connectivity index (χ4n) is 1.83. The molecule has 0 aromatic heterocycles. The van der Waals surface area contributed by atoms with E-state index < -0.39 is 5.91 Å². The van der Waals surface area contributed by atoms with Gasteiger partial charge in [0, 0.05) is 0 Å². The molecule has 0 atom stereocenters. The van der Waals surface area contributed by atoms with Crippen molar-refractivity contribution in [3.8, 4) is 0 Å². The Bertz CT molecular complexity index is 788. The van der Waals surface area contributed by atoms with Crippen molar-refractivity contribution >= 4 is 54.7 Å². The molecule has 2 aromatic carbocycles. The van der Waals surface area contributed by atoms with Gasteiger partial charge >= 0.3 is 163 Å². The van der Waals surface area contributed by atoms with Gasteiger partial charge in [-0.15, -0.1) is 0 Å². The van der Waals surface area contributed by atoms with Crippen molar-refractivity contribution in [1.29, 1.82) is 0 Å². The van der Waals surface area contributed by atoms with Crippen molar-refractivity contribution in [2.75, 3.05) is 0 Å². The van der Waals surface area contributed by atoms with E-state index in [2.05, 4.69) is 10.3 Å². The molecule has 0 aliphatic heterocycles. The van der Waals surface area contributed by atoms with Crippen LogP contribution < -0.4 is 5.32 Å². The average Bonchev–Trinajstić information content (AvgIpc) is 2.55. The van der Waals surface area contributed by atoms with Gasteiger partial charge in [-0.1, -0.05) is 0 Å². The zero-order valence-electron chi connectivity index (χ0n) is 13.6. The van der Waals surface area contributed by atoms with Crippen molar-refractivity contribution in [2.24, 2.45) is 4.99 Å². The molecule has 0 bridgehead atoms. The molecule has 0 aliphatic rings. The van der Waals surface area contributed by atoms with E-state index in [4.69, 9.17) is 23.2 Å². The molecule has 130 valence electrons. The number of benzene rings is 2. The van der Waals surface area contributed by atoms with E-state index in [0.717, 1.165) is 0 Å². The summed E-state index contributed by atoms with van der Waals surface area (Å²) in [7, 11) is 0. The third-order valence-electron chi connectivity index (χ3n) is 2.97. The average molecular weight is 442 g/mol. The van der Waals surface area contributed by atoms with Gasteiger partial charge < -0.3 is 0 Å².